The van der Waals surface area contributed by atoms with Crippen LogP contribution in [0.3, 0.4) is 0 Å². The molecule has 1 atom stereocenters. The molecule has 2 aromatic rings. The molecule has 2 fully saturated rings. The van der Waals surface area contributed by atoms with Crippen LogP contribution in [0.5, 0.6) is 0 Å². The van der Waals surface area contributed by atoms with E-state index in [9.17, 15) is 23.9 Å². The third-order valence-corrected chi connectivity index (χ3v) is 6.32. The number of carbonyl (C=O) groups is 3. The van der Waals surface area contributed by atoms with Gasteiger partial charge in [0.2, 0.25) is 0 Å². The summed E-state index contributed by atoms with van der Waals surface area (Å²) in [6, 6.07) is 6.29. The number of aliphatic hydroxyl groups is 1. The average molecular weight is 467 g/mol. The van der Waals surface area contributed by atoms with Gasteiger partial charge in [-0.25, -0.2) is 9.18 Å². The third-order valence-electron chi connectivity index (χ3n) is 6.32. The number of hydrogen-bond donors (Lipinski definition) is 1. The Balaban J connectivity index is 1.73. The molecule has 1 aromatic carbocycles. The Morgan fingerprint density at radius 1 is 1.18 bits per heavy atom. The second kappa shape index (κ2) is 9.62. The number of Topliss-reactive ketones (excluding diaryl/α,β-unsaturated/α-hetero) is 1. The van der Waals surface area contributed by atoms with Crippen LogP contribution in [-0.2, 0) is 14.3 Å². The predicted molar refractivity (Wildman–Crippen MR) is 121 cm³/mol. The minimum absolute atomic E-state index is 0.0463. The SMILES string of the molecule is CCOC(=O)N1CCC(N2C(=O)C(=O)/C(=C(/O)c3ccc(F)c(C)c3)C2c2ccncc2)CC1. The number of ether oxygens (including phenoxy) is 1. The molecule has 2 aliphatic rings. The van der Waals surface area contributed by atoms with Gasteiger partial charge >= 0.3 is 6.09 Å². The van der Waals surface area contributed by atoms with Crippen molar-refractivity contribution >= 4 is 23.5 Å². The fourth-order valence-corrected chi connectivity index (χ4v) is 4.59. The molecule has 9 heteroatoms. The molecule has 1 aromatic heterocycles. The van der Waals surface area contributed by atoms with Crippen molar-refractivity contribution < 1.29 is 28.6 Å². The second-order valence-corrected chi connectivity index (χ2v) is 8.37. The van der Waals surface area contributed by atoms with Crippen molar-refractivity contribution in [2.24, 2.45) is 0 Å². The monoisotopic (exact) mass is 467 g/mol. The first kappa shape index (κ1) is 23.4. The Morgan fingerprint density at radius 2 is 1.85 bits per heavy atom. The maximum Gasteiger partial charge on any atom is 0.409 e. The fraction of sp³-hybridized carbons (Fsp3) is 0.360. The number of amides is 2. The average Bonchev–Trinajstić information content (AvgIpc) is 3.11. The minimum atomic E-state index is -0.826. The van der Waals surface area contributed by atoms with Crippen LogP contribution in [0.15, 0.2) is 48.3 Å². The van der Waals surface area contributed by atoms with E-state index in [0.717, 1.165) is 0 Å². The first-order valence-electron chi connectivity index (χ1n) is 11.2. The summed E-state index contributed by atoms with van der Waals surface area (Å²) in [6.45, 7) is 4.33. The first-order valence-corrected chi connectivity index (χ1v) is 11.2. The lowest BCUT2D eigenvalue weighted by Gasteiger charge is -2.38. The molecule has 4 rings (SSSR count). The number of aliphatic hydroxyl groups excluding tert-OH is 1. The number of likely N-dealkylation sites (tertiary alicyclic amines) is 2. The summed E-state index contributed by atoms with van der Waals surface area (Å²) < 4.78 is 18.9. The Morgan fingerprint density at radius 3 is 2.47 bits per heavy atom. The summed E-state index contributed by atoms with van der Waals surface area (Å²) in [5, 5.41) is 11.1. The van der Waals surface area contributed by atoms with E-state index in [4.69, 9.17) is 4.74 Å². The van der Waals surface area contributed by atoms with E-state index in [0.29, 0.717) is 37.1 Å². The highest BCUT2D eigenvalue weighted by Gasteiger charge is 2.49. The molecule has 0 radical (unpaired) electrons. The van der Waals surface area contributed by atoms with Crippen molar-refractivity contribution in [3.05, 3.63) is 70.8 Å². The third kappa shape index (κ3) is 4.25. The molecule has 1 N–H and O–H groups in total. The highest BCUT2D eigenvalue weighted by atomic mass is 19.1. The number of rotatable bonds is 4. The number of hydrogen-bond acceptors (Lipinski definition) is 6. The van der Waals surface area contributed by atoms with Crippen LogP contribution < -0.4 is 0 Å². The van der Waals surface area contributed by atoms with Crippen molar-refractivity contribution in [2.75, 3.05) is 19.7 Å². The van der Waals surface area contributed by atoms with Gasteiger partial charge in [0.15, 0.2) is 0 Å². The number of piperidine rings is 1. The number of halogens is 1. The lowest BCUT2D eigenvalue weighted by molar-refractivity contribution is -0.142. The smallest absolute Gasteiger partial charge is 0.409 e. The van der Waals surface area contributed by atoms with Crippen LogP contribution >= 0.6 is 0 Å². The molecule has 34 heavy (non-hydrogen) atoms. The molecule has 178 valence electrons. The lowest BCUT2D eigenvalue weighted by Crippen LogP contribution is -2.48. The molecule has 0 spiro atoms. The van der Waals surface area contributed by atoms with Crippen molar-refractivity contribution in [1.29, 1.82) is 0 Å². The van der Waals surface area contributed by atoms with Gasteiger partial charge in [0.25, 0.3) is 11.7 Å². The number of pyridine rings is 1. The lowest BCUT2D eigenvalue weighted by atomic mass is 9.94. The van der Waals surface area contributed by atoms with E-state index in [1.165, 1.54) is 23.1 Å². The van der Waals surface area contributed by atoms with Gasteiger partial charge in [-0.1, -0.05) is 0 Å². The van der Waals surface area contributed by atoms with Crippen LogP contribution in [0.2, 0.25) is 0 Å². The van der Waals surface area contributed by atoms with Crippen molar-refractivity contribution in [2.45, 2.75) is 38.8 Å². The topological polar surface area (TPSA) is 100 Å². The number of benzene rings is 1. The molecule has 8 nitrogen and oxygen atoms in total. The van der Waals surface area contributed by atoms with Crippen LogP contribution in [0, 0.1) is 12.7 Å². The van der Waals surface area contributed by atoms with Crippen LogP contribution in [0.25, 0.3) is 5.76 Å². The van der Waals surface area contributed by atoms with Crippen molar-refractivity contribution in [1.82, 2.24) is 14.8 Å². The largest absolute Gasteiger partial charge is 0.507 e. The Hall–Kier alpha value is -3.75. The maximum absolute atomic E-state index is 13.8. The molecule has 0 saturated carbocycles. The van der Waals surface area contributed by atoms with Crippen molar-refractivity contribution in [3.63, 3.8) is 0 Å². The van der Waals surface area contributed by atoms with Crippen molar-refractivity contribution in [3.8, 4) is 0 Å². The normalized spacial score (nSPS) is 20.6. The van der Waals surface area contributed by atoms with E-state index in [-0.39, 0.29) is 29.5 Å². The fourth-order valence-electron chi connectivity index (χ4n) is 4.59. The highest BCUT2D eigenvalue weighted by Crippen LogP contribution is 2.42. The highest BCUT2D eigenvalue weighted by molar-refractivity contribution is 6.46. The summed E-state index contributed by atoms with van der Waals surface area (Å²) in [4.78, 5) is 45.6. The van der Waals surface area contributed by atoms with Crippen LogP contribution in [0.1, 0.15) is 42.5 Å². The zero-order valence-corrected chi connectivity index (χ0v) is 19.0. The number of nitrogens with zero attached hydrogens (tertiary/aromatic N) is 3. The Labute approximate surface area is 196 Å². The van der Waals surface area contributed by atoms with Gasteiger partial charge in [-0.2, -0.15) is 0 Å². The molecule has 2 aliphatic heterocycles. The van der Waals surface area contributed by atoms with Gasteiger partial charge in [-0.05, 0) is 68.1 Å². The summed E-state index contributed by atoms with van der Waals surface area (Å²) in [5.41, 5.74) is 1.15. The molecule has 0 aliphatic carbocycles. The van der Waals surface area contributed by atoms with E-state index in [1.807, 2.05) is 0 Å². The number of ketones is 1. The summed E-state index contributed by atoms with van der Waals surface area (Å²) in [6.07, 6.45) is 3.63. The zero-order valence-electron chi connectivity index (χ0n) is 19.0. The van der Waals surface area contributed by atoms with E-state index in [2.05, 4.69) is 4.98 Å². The van der Waals surface area contributed by atoms with E-state index in [1.54, 1.807) is 43.3 Å². The van der Waals surface area contributed by atoms with E-state index < -0.39 is 29.6 Å². The molecular formula is C25H26FN3O5. The standard InChI is InChI=1S/C25H26FN3O5/c1-3-34-25(33)28-12-8-18(9-13-28)29-21(16-6-10-27-11-7-16)20(23(31)24(29)32)22(30)17-4-5-19(26)15(2)14-17/h4-7,10-11,14,18,21,30H,3,8-9,12-13H2,1-2H3/b22-20+. The summed E-state index contributed by atoms with van der Waals surface area (Å²) in [5.74, 6) is -2.29. The molecular weight excluding hydrogens is 441 g/mol. The Kier molecular flexibility index (Phi) is 6.63. The molecule has 3 heterocycles. The number of aromatic nitrogens is 1. The number of aryl methyl sites for hydroxylation is 1. The van der Waals surface area contributed by atoms with Crippen LogP contribution in [0.4, 0.5) is 9.18 Å². The molecule has 2 saturated heterocycles. The molecule has 1 unspecified atom stereocenters. The quantitative estimate of drug-likeness (QED) is 0.419. The maximum atomic E-state index is 13.8. The predicted octanol–water partition coefficient (Wildman–Crippen LogP) is 3.57. The molecule has 2 amide bonds. The zero-order chi connectivity index (χ0) is 24.4. The van der Waals surface area contributed by atoms with Gasteiger partial charge in [0.1, 0.15) is 11.6 Å². The van der Waals surface area contributed by atoms with Gasteiger partial charge in [0, 0.05) is 37.1 Å². The first-order chi connectivity index (χ1) is 16.3. The number of carbonyl (C=O) groups excluding carboxylic acids is 3. The second-order valence-electron chi connectivity index (χ2n) is 8.37. The van der Waals surface area contributed by atoms with E-state index >= 15 is 0 Å². The van der Waals surface area contributed by atoms with Gasteiger partial charge in [-0.15, -0.1) is 0 Å². The summed E-state index contributed by atoms with van der Waals surface area (Å²) >= 11 is 0. The summed E-state index contributed by atoms with van der Waals surface area (Å²) in [7, 11) is 0. The molecule has 0 bridgehead atoms. The minimum Gasteiger partial charge on any atom is -0.507 e. The van der Waals surface area contributed by atoms with Gasteiger partial charge in [-0.3, -0.25) is 14.6 Å². The van der Waals surface area contributed by atoms with Gasteiger partial charge in [0.05, 0.1) is 18.2 Å². The Bertz CT molecular complexity index is 1140. The van der Waals surface area contributed by atoms with Gasteiger partial charge < -0.3 is 19.6 Å². The van der Waals surface area contributed by atoms with Crippen LogP contribution in [-0.4, -0.2) is 63.4 Å².